The van der Waals surface area contributed by atoms with Gasteiger partial charge in [0.25, 0.3) is 0 Å². The molecule has 1 N–H and O–H groups in total. The molecular weight excluding hydrogens is 413 g/mol. The third-order valence-corrected chi connectivity index (χ3v) is 6.48. The van der Waals surface area contributed by atoms with Crippen molar-refractivity contribution >= 4 is 28.5 Å². The van der Waals surface area contributed by atoms with Crippen molar-refractivity contribution in [1.29, 1.82) is 0 Å². The maximum Gasteiger partial charge on any atom is 0.306 e. The number of carboxylic acids is 1. The van der Waals surface area contributed by atoms with E-state index < -0.39 is 11.8 Å². The number of rotatable bonds is 6. The lowest BCUT2D eigenvalue weighted by Crippen LogP contribution is -2.11. The maximum absolute atomic E-state index is 14.4. The number of carboxylic acid groups (broad SMARTS) is 1. The summed E-state index contributed by atoms with van der Waals surface area (Å²) < 4.78 is 16.5. The quantitative estimate of drug-likeness (QED) is 0.385. The molecule has 0 saturated heterocycles. The first-order chi connectivity index (χ1) is 15.0. The van der Waals surface area contributed by atoms with E-state index in [9.17, 15) is 14.3 Å². The molecule has 2 atom stereocenters. The molecule has 1 saturated carbocycles. The van der Waals surface area contributed by atoms with Crippen LogP contribution in [0.4, 0.5) is 4.39 Å². The minimum Gasteiger partial charge on any atom is -0.481 e. The van der Waals surface area contributed by atoms with E-state index >= 15 is 0 Å². The van der Waals surface area contributed by atoms with Gasteiger partial charge in [0.1, 0.15) is 5.82 Å². The third kappa shape index (κ3) is 3.72. The number of carbonyl (C=O) groups is 1. The van der Waals surface area contributed by atoms with Gasteiger partial charge in [0.2, 0.25) is 0 Å². The highest BCUT2D eigenvalue weighted by molar-refractivity contribution is 6.31. The molecule has 3 aromatic carbocycles. The van der Waals surface area contributed by atoms with Crippen molar-refractivity contribution in [3.05, 3.63) is 107 Å². The number of hydrogen-bond acceptors (Lipinski definition) is 1. The standard InChI is InChI=1S/C26H21ClFNO2/c27-22-14-24-20(13-23(22)28)19(11-18-12-21(18)26(30)31)15-29(24)25(16-7-3-1-4-8-16)17-9-5-2-6-10-17/h1-10,13-15,18,21,25H,11-12H2,(H,30,31). The molecule has 3 nitrogen and oxygen atoms in total. The van der Waals surface area contributed by atoms with E-state index in [2.05, 4.69) is 28.8 Å². The van der Waals surface area contributed by atoms with Crippen molar-refractivity contribution < 1.29 is 14.3 Å². The number of halogens is 2. The number of nitrogens with zero attached hydrogens (tertiary/aromatic N) is 1. The number of hydrogen-bond donors (Lipinski definition) is 1. The molecule has 5 heteroatoms. The van der Waals surface area contributed by atoms with Crippen LogP contribution in [0, 0.1) is 17.7 Å². The molecule has 31 heavy (non-hydrogen) atoms. The molecule has 0 bridgehead atoms. The van der Waals surface area contributed by atoms with Crippen LogP contribution in [0.5, 0.6) is 0 Å². The highest BCUT2D eigenvalue weighted by Gasteiger charge is 2.43. The Bertz CT molecular complexity index is 1210. The molecule has 1 aliphatic rings. The number of benzene rings is 3. The lowest BCUT2D eigenvalue weighted by atomic mass is 9.98. The van der Waals surface area contributed by atoms with Crippen LogP contribution in [0.3, 0.4) is 0 Å². The molecule has 0 radical (unpaired) electrons. The van der Waals surface area contributed by atoms with E-state index in [1.807, 2.05) is 42.6 Å². The zero-order chi connectivity index (χ0) is 21.5. The Morgan fingerprint density at radius 2 is 1.68 bits per heavy atom. The van der Waals surface area contributed by atoms with Crippen LogP contribution in [0.1, 0.15) is 29.2 Å². The zero-order valence-electron chi connectivity index (χ0n) is 16.7. The summed E-state index contributed by atoms with van der Waals surface area (Å²) in [4.78, 5) is 11.3. The minimum atomic E-state index is -0.755. The summed E-state index contributed by atoms with van der Waals surface area (Å²) in [7, 11) is 0. The number of fused-ring (bicyclic) bond motifs is 1. The summed E-state index contributed by atoms with van der Waals surface area (Å²) in [5.74, 6) is -1.44. The first-order valence-electron chi connectivity index (χ1n) is 10.3. The summed E-state index contributed by atoms with van der Waals surface area (Å²) in [5, 5.41) is 10.2. The number of aliphatic carboxylic acids is 1. The Labute approximate surface area is 184 Å². The normalized spacial score (nSPS) is 17.9. The first kappa shape index (κ1) is 19.8. The summed E-state index contributed by atoms with van der Waals surface area (Å²) in [6.45, 7) is 0. The fraction of sp³-hybridized carbons (Fsp3) is 0.192. The van der Waals surface area contributed by atoms with Gasteiger partial charge >= 0.3 is 5.97 Å². The maximum atomic E-state index is 14.4. The van der Waals surface area contributed by atoms with Gasteiger partial charge in [-0.3, -0.25) is 4.79 Å². The molecule has 0 spiro atoms. The van der Waals surface area contributed by atoms with Crippen LogP contribution in [0.25, 0.3) is 10.9 Å². The molecule has 0 aliphatic heterocycles. The summed E-state index contributed by atoms with van der Waals surface area (Å²) >= 11 is 6.18. The predicted octanol–water partition coefficient (Wildman–Crippen LogP) is 6.33. The van der Waals surface area contributed by atoms with Gasteiger partial charge in [-0.05, 0) is 47.6 Å². The van der Waals surface area contributed by atoms with E-state index in [1.165, 1.54) is 6.07 Å². The fourth-order valence-corrected chi connectivity index (χ4v) is 4.69. The first-order valence-corrected chi connectivity index (χ1v) is 10.7. The van der Waals surface area contributed by atoms with Crippen LogP contribution < -0.4 is 0 Å². The van der Waals surface area contributed by atoms with Crippen molar-refractivity contribution in [2.75, 3.05) is 0 Å². The molecular formula is C26H21ClFNO2. The van der Waals surface area contributed by atoms with Gasteiger partial charge in [0.05, 0.1) is 22.5 Å². The lowest BCUT2D eigenvalue weighted by molar-refractivity contribution is -0.138. The van der Waals surface area contributed by atoms with Crippen LogP contribution in [0.15, 0.2) is 79.0 Å². The topological polar surface area (TPSA) is 42.2 Å². The van der Waals surface area contributed by atoms with Gasteiger partial charge in [-0.25, -0.2) is 4.39 Å². The van der Waals surface area contributed by atoms with Gasteiger partial charge < -0.3 is 9.67 Å². The molecule has 1 fully saturated rings. The summed E-state index contributed by atoms with van der Waals surface area (Å²) in [5.41, 5.74) is 4.00. The monoisotopic (exact) mass is 433 g/mol. The third-order valence-electron chi connectivity index (χ3n) is 6.19. The second-order valence-corrected chi connectivity index (χ2v) is 8.62. The predicted molar refractivity (Wildman–Crippen MR) is 120 cm³/mol. The van der Waals surface area contributed by atoms with Gasteiger partial charge in [-0.15, -0.1) is 0 Å². The lowest BCUT2D eigenvalue weighted by Gasteiger charge is -2.21. The van der Waals surface area contributed by atoms with Crippen molar-refractivity contribution in [1.82, 2.24) is 4.57 Å². The molecule has 0 amide bonds. The second kappa shape index (κ2) is 7.86. The van der Waals surface area contributed by atoms with E-state index in [0.29, 0.717) is 12.8 Å². The Hall–Kier alpha value is -3.11. The molecule has 2 unspecified atom stereocenters. The van der Waals surface area contributed by atoms with Crippen molar-refractivity contribution in [2.45, 2.75) is 18.9 Å². The summed E-state index contributed by atoms with van der Waals surface area (Å²) in [6, 6.07) is 23.3. The molecule has 1 aromatic heterocycles. The minimum absolute atomic E-state index is 0.0770. The average Bonchev–Trinajstić information content (AvgIpc) is 3.48. The molecule has 4 aromatic rings. The second-order valence-electron chi connectivity index (χ2n) is 8.21. The SMILES string of the molecule is O=C(O)C1CC1Cc1cn(C(c2ccccc2)c2ccccc2)c2cc(Cl)c(F)cc12. The number of aromatic nitrogens is 1. The van der Waals surface area contributed by atoms with E-state index in [0.717, 1.165) is 27.6 Å². The van der Waals surface area contributed by atoms with Gasteiger partial charge in [-0.2, -0.15) is 0 Å². The molecule has 1 aliphatic carbocycles. The van der Waals surface area contributed by atoms with Gasteiger partial charge in [-0.1, -0.05) is 72.3 Å². The highest BCUT2D eigenvalue weighted by atomic mass is 35.5. The van der Waals surface area contributed by atoms with Crippen molar-refractivity contribution in [2.24, 2.45) is 11.8 Å². The smallest absolute Gasteiger partial charge is 0.306 e. The molecule has 1 heterocycles. The van der Waals surface area contributed by atoms with Gasteiger partial charge in [0, 0.05) is 11.6 Å². The zero-order valence-corrected chi connectivity index (χ0v) is 17.5. The highest BCUT2D eigenvalue weighted by Crippen LogP contribution is 2.43. The van der Waals surface area contributed by atoms with Crippen LogP contribution in [-0.4, -0.2) is 15.6 Å². The van der Waals surface area contributed by atoms with Crippen LogP contribution >= 0.6 is 11.6 Å². The van der Waals surface area contributed by atoms with Crippen molar-refractivity contribution in [3.63, 3.8) is 0 Å². The Kier molecular flexibility index (Phi) is 5.03. The van der Waals surface area contributed by atoms with E-state index in [4.69, 9.17) is 11.6 Å². The van der Waals surface area contributed by atoms with E-state index in [1.54, 1.807) is 6.07 Å². The Morgan fingerprint density at radius 1 is 1.06 bits per heavy atom. The fourth-order valence-electron chi connectivity index (χ4n) is 4.53. The van der Waals surface area contributed by atoms with Gasteiger partial charge in [0.15, 0.2) is 0 Å². The Morgan fingerprint density at radius 3 is 2.23 bits per heavy atom. The largest absolute Gasteiger partial charge is 0.481 e. The van der Waals surface area contributed by atoms with Crippen LogP contribution in [0.2, 0.25) is 5.02 Å². The average molecular weight is 434 g/mol. The Balaban J connectivity index is 1.68. The van der Waals surface area contributed by atoms with E-state index in [-0.39, 0.29) is 22.9 Å². The summed E-state index contributed by atoms with van der Waals surface area (Å²) in [6.07, 6.45) is 3.32. The van der Waals surface area contributed by atoms with Crippen LogP contribution in [-0.2, 0) is 11.2 Å². The molecule has 5 rings (SSSR count). The van der Waals surface area contributed by atoms with Crippen molar-refractivity contribution in [3.8, 4) is 0 Å². The molecule has 156 valence electrons.